The van der Waals surface area contributed by atoms with Gasteiger partial charge in [0.2, 0.25) is 10.0 Å². The van der Waals surface area contributed by atoms with E-state index in [0.29, 0.717) is 47.7 Å². The van der Waals surface area contributed by atoms with Crippen molar-refractivity contribution in [2.24, 2.45) is 0 Å². The molecule has 1 saturated heterocycles. The van der Waals surface area contributed by atoms with Crippen molar-refractivity contribution in [3.63, 3.8) is 0 Å². The van der Waals surface area contributed by atoms with Gasteiger partial charge >= 0.3 is 0 Å². The van der Waals surface area contributed by atoms with Gasteiger partial charge in [0, 0.05) is 13.1 Å². The number of benzene rings is 2. The van der Waals surface area contributed by atoms with E-state index in [1.165, 1.54) is 5.56 Å². The Labute approximate surface area is 162 Å². The van der Waals surface area contributed by atoms with E-state index in [1.807, 2.05) is 45.0 Å². The Morgan fingerprint density at radius 3 is 2.00 bits per heavy atom. The molecule has 0 aliphatic carbocycles. The van der Waals surface area contributed by atoms with Crippen molar-refractivity contribution in [2.45, 2.75) is 44.6 Å². The number of hydrogen-bond acceptors (Lipinski definition) is 4. The van der Waals surface area contributed by atoms with Crippen molar-refractivity contribution in [1.82, 2.24) is 4.31 Å². The molecule has 0 unspecified atom stereocenters. The van der Waals surface area contributed by atoms with Crippen LogP contribution in [0.5, 0.6) is 11.5 Å². The van der Waals surface area contributed by atoms with Crippen LogP contribution in [-0.2, 0) is 10.0 Å². The van der Waals surface area contributed by atoms with Crippen LogP contribution >= 0.6 is 0 Å². The number of piperidine rings is 1. The summed E-state index contributed by atoms with van der Waals surface area (Å²) in [5.41, 5.74) is 2.61. The summed E-state index contributed by atoms with van der Waals surface area (Å²) in [5, 5.41) is 0. The number of ether oxygens (including phenoxy) is 2. The lowest BCUT2D eigenvalue weighted by atomic mass is 10.1. The number of nitrogens with zero attached hydrogens (tertiary/aromatic N) is 1. The Balaban J connectivity index is 1.70. The molecule has 146 valence electrons. The van der Waals surface area contributed by atoms with Gasteiger partial charge in [0.1, 0.15) is 17.6 Å². The van der Waals surface area contributed by atoms with Crippen LogP contribution in [0.25, 0.3) is 0 Å². The number of hydrogen-bond donors (Lipinski definition) is 0. The third-order valence-corrected chi connectivity index (χ3v) is 7.20. The zero-order valence-corrected chi connectivity index (χ0v) is 17.2. The molecule has 0 aromatic heterocycles. The molecule has 0 N–H and O–H groups in total. The third kappa shape index (κ3) is 4.28. The number of aryl methyl sites for hydroxylation is 3. The summed E-state index contributed by atoms with van der Waals surface area (Å²) in [6.45, 7) is 6.59. The van der Waals surface area contributed by atoms with Gasteiger partial charge in [-0.05, 0) is 69.0 Å². The molecular weight excluding hydrogens is 362 g/mol. The molecule has 1 fully saturated rings. The summed E-state index contributed by atoms with van der Waals surface area (Å²) in [5.74, 6) is 1.51. The second kappa shape index (κ2) is 7.90. The highest BCUT2D eigenvalue weighted by Crippen LogP contribution is 2.30. The van der Waals surface area contributed by atoms with Gasteiger partial charge in [-0.15, -0.1) is 0 Å². The number of sulfonamides is 1. The Morgan fingerprint density at radius 2 is 1.48 bits per heavy atom. The minimum absolute atomic E-state index is 0.0391. The van der Waals surface area contributed by atoms with Gasteiger partial charge in [-0.25, -0.2) is 8.42 Å². The molecule has 1 aliphatic heterocycles. The normalized spacial score (nSPS) is 16.3. The van der Waals surface area contributed by atoms with Gasteiger partial charge in [0.25, 0.3) is 0 Å². The third-order valence-electron chi connectivity index (χ3n) is 4.99. The molecule has 6 heteroatoms. The van der Waals surface area contributed by atoms with Gasteiger partial charge in [-0.3, -0.25) is 0 Å². The fraction of sp³-hybridized carbons (Fsp3) is 0.429. The Morgan fingerprint density at radius 1 is 0.926 bits per heavy atom. The van der Waals surface area contributed by atoms with Crippen LogP contribution in [-0.4, -0.2) is 39.0 Å². The molecule has 1 aliphatic rings. The maximum atomic E-state index is 13.2. The Hall–Kier alpha value is -2.05. The number of rotatable bonds is 5. The van der Waals surface area contributed by atoms with Crippen LogP contribution in [0.15, 0.2) is 41.3 Å². The molecule has 0 amide bonds. The van der Waals surface area contributed by atoms with Crippen LogP contribution in [0.1, 0.15) is 29.5 Å². The summed E-state index contributed by atoms with van der Waals surface area (Å²) in [6.07, 6.45) is 1.40. The van der Waals surface area contributed by atoms with Crippen LogP contribution in [0.2, 0.25) is 0 Å². The van der Waals surface area contributed by atoms with Crippen molar-refractivity contribution < 1.29 is 17.9 Å². The highest BCUT2D eigenvalue weighted by Gasteiger charge is 2.32. The molecule has 0 atom stereocenters. The van der Waals surface area contributed by atoms with Gasteiger partial charge < -0.3 is 9.47 Å². The first-order valence-corrected chi connectivity index (χ1v) is 10.6. The molecule has 0 radical (unpaired) electrons. The smallest absolute Gasteiger partial charge is 0.243 e. The first-order valence-electron chi connectivity index (χ1n) is 9.20. The van der Waals surface area contributed by atoms with Gasteiger partial charge in [-0.2, -0.15) is 4.31 Å². The van der Waals surface area contributed by atoms with E-state index in [4.69, 9.17) is 9.47 Å². The molecule has 2 aromatic carbocycles. The van der Waals surface area contributed by atoms with Crippen LogP contribution in [0.4, 0.5) is 0 Å². The molecule has 2 aromatic rings. The average Bonchev–Trinajstić information content (AvgIpc) is 2.63. The van der Waals surface area contributed by atoms with Crippen molar-refractivity contribution in [1.29, 1.82) is 0 Å². The van der Waals surface area contributed by atoms with Gasteiger partial charge in [0.05, 0.1) is 12.0 Å². The zero-order chi connectivity index (χ0) is 19.6. The van der Waals surface area contributed by atoms with Crippen LogP contribution in [0, 0.1) is 20.8 Å². The first-order chi connectivity index (χ1) is 12.8. The lowest BCUT2D eigenvalue weighted by Crippen LogP contribution is -2.42. The summed E-state index contributed by atoms with van der Waals surface area (Å²) in [7, 11) is -1.94. The highest BCUT2D eigenvalue weighted by atomic mass is 32.2. The summed E-state index contributed by atoms with van der Waals surface area (Å²) < 4.78 is 39.2. The van der Waals surface area contributed by atoms with Gasteiger partial charge in [-0.1, -0.05) is 17.7 Å². The molecule has 27 heavy (non-hydrogen) atoms. The van der Waals surface area contributed by atoms with E-state index >= 15 is 0 Å². The lowest BCUT2D eigenvalue weighted by Gasteiger charge is -2.32. The van der Waals surface area contributed by atoms with Crippen LogP contribution in [0.3, 0.4) is 0 Å². The fourth-order valence-corrected chi connectivity index (χ4v) is 5.45. The molecule has 0 saturated carbocycles. The highest BCUT2D eigenvalue weighted by molar-refractivity contribution is 7.89. The van der Waals surface area contributed by atoms with E-state index in [2.05, 4.69) is 0 Å². The fourth-order valence-electron chi connectivity index (χ4n) is 3.56. The standard InChI is InChI=1S/C21H27NO4S/c1-15-5-7-18(8-6-15)26-19-9-11-22(12-10-19)27(23,24)21-16(2)13-20(25-4)14-17(21)3/h5-8,13-14,19H,9-12H2,1-4H3. The second-order valence-electron chi connectivity index (χ2n) is 7.12. The number of methoxy groups -OCH3 is 1. The topological polar surface area (TPSA) is 55.8 Å². The predicted octanol–water partition coefficient (Wildman–Crippen LogP) is 3.85. The van der Waals surface area contributed by atoms with Crippen molar-refractivity contribution >= 4 is 10.0 Å². The second-order valence-corrected chi connectivity index (χ2v) is 9.00. The molecule has 3 rings (SSSR count). The minimum Gasteiger partial charge on any atom is -0.497 e. The maximum absolute atomic E-state index is 13.2. The van der Waals surface area contributed by atoms with Crippen molar-refractivity contribution in [2.75, 3.05) is 20.2 Å². The zero-order valence-electron chi connectivity index (χ0n) is 16.4. The van der Waals surface area contributed by atoms with Crippen molar-refractivity contribution in [3.05, 3.63) is 53.1 Å². The van der Waals surface area contributed by atoms with Gasteiger partial charge in [0.15, 0.2) is 0 Å². The van der Waals surface area contributed by atoms with E-state index < -0.39 is 10.0 Å². The maximum Gasteiger partial charge on any atom is 0.243 e. The predicted molar refractivity (Wildman–Crippen MR) is 106 cm³/mol. The molecule has 0 spiro atoms. The largest absolute Gasteiger partial charge is 0.497 e. The monoisotopic (exact) mass is 389 g/mol. The minimum atomic E-state index is -3.53. The summed E-state index contributed by atoms with van der Waals surface area (Å²) in [6, 6.07) is 11.5. The summed E-state index contributed by atoms with van der Waals surface area (Å²) in [4.78, 5) is 0.390. The average molecular weight is 390 g/mol. The van der Waals surface area contributed by atoms with E-state index in [1.54, 1.807) is 23.5 Å². The van der Waals surface area contributed by atoms with E-state index in [-0.39, 0.29) is 6.10 Å². The first kappa shape index (κ1) is 19.7. The molecule has 1 heterocycles. The molecule has 5 nitrogen and oxygen atoms in total. The van der Waals surface area contributed by atoms with Crippen LogP contribution < -0.4 is 9.47 Å². The van der Waals surface area contributed by atoms with Crippen molar-refractivity contribution in [3.8, 4) is 11.5 Å². The van der Waals surface area contributed by atoms with E-state index in [9.17, 15) is 8.42 Å². The SMILES string of the molecule is COc1cc(C)c(S(=O)(=O)N2CCC(Oc3ccc(C)cc3)CC2)c(C)c1. The quantitative estimate of drug-likeness (QED) is 0.779. The Kier molecular flexibility index (Phi) is 5.77. The Bertz CT molecular complexity index is 875. The summed E-state index contributed by atoms with van der Waals surface area (Å²) >= 11 is 0. The van der Waals surface area contributed by atoms with E-state index in [0.717, 1.165) is 5.75 Å². The molecule has 0 bridgehead atoms. The molecular formula is C21H27NO4S. The lowest BCUT2D eigenvalue weighted by molar-refractivity contribution is 0.135.